The Morgan fingerprint density at radius 3 is 2.41 bits per heavy atom. The predicted molar refractivity (Wildman–Crippen MR) is 123 cm³/mol. The van der Waals surface area contributed by atoms with E-state index in [1.165, 1.54) is 16.3 Å². The highest BCUT2D eigenvalue weighted by Gasteiger charge is 2.20. The average molecular weight is 480 g/mol. The van der Waals surface area contributed by atoms with Crippen molar-refractivity contribution in [1.82, 2.24) is 15.1 Å². The molecule has 0 radical (unpaired) electrons. The molecule has 5 nitrogen and oxygen atoms in total. The Morgan fingerprint density at radius 2 is 1.70 bits per heavy atom. The Hall–Kier alpha value is -1.83. The maximum Gasteiger partial charge on any atom is 0.219 e. The molecule has 0 spiro atoms. The first-order valence-corrected chi connectivity index (χ1v) is 9.44. The van der Waals surface area contributed by atoms with Crippen molar-refractivity contribution < 1.29 is 4.79 Å². The molecular weight excluding hydrogens is 451 g/mol. The fraction of sp³-hybridized carbons (Fsp3) is 0.429. The molecule has 6 heteroatoms. The van der Waals surface area contributed by atoms with Crippen LogP contribution in [0.2, 0.25) is 0 Å². The van der Waals surface area contributed by atoms with Crippen molar-refractivity contribution in [2.45, 2.75) is 20.3 Å². The van der Waals surface area contributed by atoms with Gasteiger partial charge in [0.25, 0.3) is 0 Å². The van der Waals surface area contributed by atoms with Crippen molar-refractivity contribution in [2.75, 3.05) is 39.3 Å². The van der Waals surface area contributed by atoms with Crippen LogP contribution in [0.5, 0.6) is 0 Å². The summed E-state index contributed by atoms with van der Waals surface area (Å²) >= 11 is 0. The third-order valence-corrected chi connectivity index (χ3v) is 4.88. The van der Waals surface area contributed by atoms with E-state index in [0.717, 1.165) is 51.6 Å². The minimum absolute atomic E-state index is 0. The van der Waals surface area contributed by atoms with Gasteiger partial charge in [0.05, 0.1) is 0 Å². The lowest BCUT2D eigenvalue weighted by Crippen LogP contribution is -2.53. The van der Waals surface area contributed by atoms with Gasteiger partial charge < -0.3 is 15.1 Å². The molecule has 146 valence electrons. The van der Waals surface area contributed by atoms with Crippen LogP contribution in [0, 0.1) is 0 Å². The van der Waals surface area contributed by atoms with Gasteiger partial charge in [0.15, 0.2) is 5.96 Å². The van der Waals surface area contributed by atoms with Gasteiger partial charge in [0, 0.05) is 46.2 Å². The summed E-state index contributed by atoms with van der Waals surface area (Å²) in [7, 11) is 0. The maximum absolute atomic E-state index is 11.5. The van der Waals surface area contributed by atoms with E-state index in [-0.39, 0.29) is 29.9 Å². The fourth-order valence-electron chi connectivity index (χ4n) is 3.45. The molecular formula is C21H29IN4O. The van der Waals surface area contributed by atoms with E-state index < -0.39 is 0 Å². The highest BCUT2D eigenvalue weighted by atomic mass is 127. The molecule has 0 aromatic heterocycles. The molecule has 1 aliphatic rings. The molecule has 0 unspecified atom stereocenters. The van der Waals surface area contributed by atoms with Gasteiger partial charge in [-0.3, -0.25) is 9.79 Å². The lowest BCUT2D eigenvalue weighted by atomic mass is 10.0. The van der Waals surface area contributed by atoms with E-state index in [9.17, 15) is 4.79 Å². The Kier molecular flexibility index (Phi) is 8.34. The van der Waals surface area contributed by atoms with Gasteiger partial charge in [-0.25, -0.2) is 0 Å². The van der Waals surface area contributed by atoms with Crippen molar-refractivity contribution >= 4 is 46.6 Å². The number of aliphatic imine (C=N–C) groups is 1. The number of rotatable bonds is 4. The fourth-order valence-corrected chi connectivity index (χ4v) is 3.45. The minimum Gasteiger partial charge on any atom is -0.357 e. The Morgan fingerprint density at radius 1 is 1.04 bits per heavy atom. The van der Waals surface area contributed by atoms with Gasteiger partial charge in [-0.15, -0.1) is 24.0 Å². The van der Waals surface area contributed by atoms with E-state index in [2.05, 4.69) is 59.6 Å². The largest absolute Gasteiger partial charge is 0.357 e. The number of hydrogen-bond donors (Lipinski definition) is 1. The zero-order chi connectivity index (χ0) is 18.4. The SMILES string of the molecule is CCNC(=NCCc1cccc2ccccc12)N1CCN(C(C)=O)CC1.I. The number of nitrogens with zero attached hydrogens (tertiary/aromatic N) is 3. The molecule has 1 heterocycles. The maximum atomic E-state index is 11.5. The van der Waals surface area contributed by atoms with Crippen molar-refractivity contribution in [3.63, 3.8) is 0 Å². The van der Waals surface area contributed by atoms with Gasteiger partial charge in [0.2, 0.25) is 5.91 Å². The Bertz CT molecular complexity index is 779. The van der Waals surface area contributed by atoms with Crippen LogP contribution in [0.25, 0.3) is 10.8 Å². The topological polar surface area (TPSA) is 47.9 Å². The van der Waals surface area contributed by atoms with Gasteiger partial charge in [-0.2, -0.15) is 0 Å². The van der Waals surface area contributed by atoms with Crippen LogP contribution in [-0.4, -0.2) is 60.9 Å². The van der Waals surface area contributed by atoms with E-state index in [1.54, 1.807) is 6.92 Å². The molecule has 0 atom stereocenters. The molecule has 2 aromatic rings. The number of halogens is 1. The summed E-state index contributed by atoms with van der Waals surface area (Å²) < 4.78 is 0. The molecule has 1 fully saturated rings. The van der Waals surface area contributed by atoms with Crippen molar-refractivity contribution in [2.24, 2.45) is 4.99 Å². The number of hydrogen-bond acceptors (Lipinski definition) is 2. The summed E-state index contributed by atoms with van der Waals surface area (Å²) in [5.41, 5.74) is 1.34. The molecule has 1 amide bonds. The molecule has 2 aromatic carbocycles. The normalized spacial score (nSPS) is 14.8. The standard InChI is InChI=1S/C21H28N4O.HI/c1-3-22-21(25-15-13-24(14-16-25)17(2)26)23-12-11-19-9-6-8-18-7-4-5-10-20(18)19;/h4-10H,3,11-16H2,1-2H3,(H,22,23);1H. The van der Waals surface area contributed by atoms with Crippen LogP contribution in [0.3, 0.4) is 0 Å². The minimum atomic E-state index is 0. The summed E-state index contributed by atoms with van der Waals surface area (Å²) in [5.74, 6) is 1.11. The first-order valence-electron chi connectivity index (χ1n) is 9.44. The van der Waals surface area contributed by atoms with Crippen molar-refractivity contribution in [3.05, 3.63) is 48.0 Å². The number of piperazine rings is 1. The second kappa shape index (κ2) is 10.5. The predicted octanol–water partition coefficient (Wildman–Crippen LogP) is 3.13. The van der Waals surface area contributed by atoms with Crippen LogP contribution >= 0.6 is 24.0 Å². The number of carbonyl (C=O) groups is 1. The van der Waals surface area contributed by atoms with Gasteiger partial charge in [0.1, 0.15) is 0 Å². The Labute approximate surface area is 178 Å². The zero-order valence-corrected chi connectivity index (χ0v) is 18.5. The van der Waals surface area contributed by atoms with E-state index in [4.69, 9.17) is 4.99 Å². The number of guanidine groups is 1. The van der Waals surface area contributed by atoms with Gasteiger partial charge >= 0.3 is 0 Å². The summed E-state index contributed by atoms with van der Waals surface area (Å²) in [5, 5.41) is 5.98. The van der Waals surface area contributed by atoms with E-state index in [0.29, 0.717) is 0 Å². The molecule has 1 aliphatic heterocycles. The zero-order valence-electron chi connectivity index (χ0n) is 16.1. The van der Waals surface area contributed by atoms with Crippen molar-refractivity contribution in [3.8, 4) is 0 Å². The molecule has 0 aliphatic carbocycles. The monoisotopic (exact) mass is 480 g/mol. The molecule has 3 rings (SSSR count). The average Bonchev–Trinajstić information content (AvgIpc) is 2.67. The number of benzene rings is 2. The first-order chi connectivity index (χ1) is 12.7. The molecule has 1 saturated heterocycles. The lowest BCUT2D eigenvalue weighted by Gasteiger charge is -2.36. The number of carbonyl (C=O) groups excluding carboxylic acids is 1. The second-order valence-electron chi connectivity index (χ2n) is 6.62. The van der Waals surface area contributed by atoms with E-state index >= 15 is 0 Å². The van der Waals surface area contributed by atoms with Crippen LogP contribution < -0.4 is 5.32 Å². The molecule has 0 bridgehead atoms. The van der Waals surface area contributed by atoms with Gasteiger partial charge in [-0.05, 0) is 29.7 Å². The quantitative estimate of drug-likeness (QED) is 0.416. The van der Waals surface area contributed by atoms with Crippen LogP contribution in [0.4, 0.5) is 0 Å². The molecule has 27 heavy (non-hydrogen) atoms. The summed E-state index contributed by atoms with van der Waals surface area (Å²) in [6.45, 7) is 8.53. The summed E-state index contributed by atoms with van der Waals surface area (Å²) in [6, 6.07) is 15.0. The van der Waals surface area contributed by atoms with Crippen LogP contribution in [0.1, 0.15) is 19.4 Å². The third-order valence-electron chi connectivity index (χ3n) is 4.88. The van der Waals surface area contributed by atoms with Crippen molar-refractivity contribution in [1.29, 1.82) is 0 Å². The number of amides is 1. The second-order valence-corrected chi connectivity index (χ2v) is 6.62. The highest BCUT2D eigenvalue weighted by molar-refractivity contribution is 14.0. The summed E-state index contributed by atoms with van der Waals surface area (Å²) in [6.07, 6.45) is 0.920. The smallest absolute Gasteiger partial charge is 0.219 e. The number of nitrogens with one attached hydrogen (secondary N) is 1. The highest BCUT2D eigenvalue weighted by Crippen LogP contribution is 2.18. The number of fused-ring (bicyclic) bond motifs is 1. The van der Waals surface area contributed by atoms with E-state index in [1.807, 2.05) is 4.90 Å². The Balaban J connectivity index is 0.00000261. The molecule has 0 saturated carbocycles. The first kappa shape index (κ1) is 21.5. The van der Waals surface area contributed by atoms with Crippen LogP contribution in [0.15, 0.2) is 47.5 Å². The lowest BCUT2D eigenvalue weighted by molar-refractivity contribution is -0.130. The molecule has 1 N–H and O–H groups in total. The summed E-state index contributed by atoms with van der Waals surface area (Å²) in [4.78, 5) is 20.5. The third kappa shape index (κ3) is 5.57. The van der Waals surface area contributed by atoms with Crippen LogP contribution in [-0.2, 0) is 11.2 Å². The van der Waals surface area contributed by atoms with Gasteiger partial charge in [-0.1, -0.05) is 42.5 Å².